The average molecular weight is 447 g/mol. The quantitative estimate of drug-likeness (QED) is 0.443. The van der Waals surface area contributed by atoms with Crippen molar-refractivity contribution in [1.82, 2.24) is 14.8 Å². The highest BCUT2D eigenvalue weighted by Gasteiger charge is 2.23. The molecule has 8 heteroatoms. The number of hydrogen-bond acceptors (Lipinski definition) is 6. The summed E-state index contributed by atoms with van der Waals surface area (Å²) in [4.78, 5) is 15.0. The Hall–Kier alpha value is -3.52. The van der Waals surface area contributed by atoms with E-state index in [0.29, 0.717) is 17.5 Å². The van der Waals surface area contributed by atoms with Crippen molar-refractivity contribution in [2.45, 2.75) is 24.5 Å². The second kappa shape index (κ2) is 8.92. The number of aryl methyl sites for hydroxylation is 1. The third kappa shape index (κ3) is 4.13. The molecule has 5 rings (SSSR count). The Morgan fingerprint density at radius 1 is 1.06 bits per heavy atom. The minimum atomic E-state index is 0.0564. The van der Waals surface area contributed by atoms with E-state index in [1.807, 2.05) is 39.8 Å². The van der Waals surface area contributed by atoms with Crippen molar-refractivity contribution in [2.75, 3.05) is 17.2 Å². The van der Waals surface area contributed by atoms with Crippen molar-refractivity contribution >= 4 is 23.4 Å². The predicted octanol–water partition coefficient (Wildman–Crippen LogP) is 4.36. The van der Waals surface area contributed by atoms with E-state index in [9.17, 15) is 9.90 Å². The molecule has 0 saturated carbocycles. The van der Waals surface area contributed by atoms with Crippen LogP contribution in [0.2, 0.25) is 0 Å². The molecule has 3 heterocycles. The van der Waals surface area contributed by atoms with E-state index in [0.717, 1.165) is 36.4 Å². The lowest BCUT2D eigenvalue weighted by Crippen LogP contribution is -2.36. The number of anilines is 1. The largest absolute Gasteiger partial charge is 0.508 e. The summed E-state index contributed by atoms with van der Waals surface area (Å²) in [6.07, 6.45) is 3.59. The number of carbonyl (C=O) groups excluding carboxylic acids is 1. The lowest BCUT2D eigenvalue weighted by molar-refractivity contribution is -0.116. The van der Waals surface area contributed by atoms with Gasteiger partial charge in [0.25, 0.3) is 0 Å². The molecule has 4 aromatic rings. The van der Waals surface area contributed by atoms with Crippen LogP contribution in [0.1, 0.15) is 17.7 Å². The zero-order valence-corrected chi connectivity index (χ0v) is 18.2. The minimum absolute atomic E-state index is 0.0564. The van der Waals surface area contributed by atoms with Crippen LogP contribution in [0.5, 0.6) is 5.75 Å². The van der Waals surface area contributed by atoms with Crippen molar-refractivity contribution in [1.29, 1.82) is 0 Å². The molecule has 2 aromatic heterocycles. The van der Waals surface area contributed by atoms with Gasteiger partial charge in [-0.05, 0) is 60.9 Å². The summed E-state index contributed by atoms with van der Waals surface area (Å²) >= 11 is 1.37. The first kappa shape index (κ1) is 20.4. The molecule has 0 unspecified atom stereocenters. The van der Waals surface area contributed by atoms with Crippen LogP contribution in [-0.4, -0.2) is 38.1 Å². The summed E-state index contributed by atoms with van der Waals surface area (Å²) in [5.41, 5.74) is 3.05. The van der Waals surface area contributed by atoms with E-state index in [4.69, 9.17) is 4.42 Å². The van der Waals surface area contributed by atoms with Gasteiger partial charge >= 0.3 is 0 Å². The zero-order valence-electron chi connectivity index (χ0n) is 17.3. The molecule has 0 aliphatic carbocycles. The van der Waals surface area contributed by atoms with Crippen molar-refractivity contribution in [2.24, 2.45) is 0 Å². The summed E-state index contributed by atoms with van der Waals surface area (Å²) in [7, 11) is 0. The van der Waals surface area contributed by atoms with Gasteiger partial charge in [-0.25, -0.2) is 0 Å². The first-order valence-electron chi connectivity index (χ1n) is 10.4. The van der Waals surface area contributed by atoms with E-state index in [1.54, 1.807) is 30.5 Å². The van der Waals surface area contributed by atoms with Crippen LogP contribution in [0.15, 0.2) is 76.5 Å². The first-order chi connectivity index (χ1) is 15.7. The maximum atomic E-state index is 13.1. The monoisotopic (exact) mass is 446 g/mol. The highest BCUT2D eigenvalue weighted by atomic mass is 32.2. The molecule has 1 N–H and O–H groups in total. The van der Waals surface area contributed by atoms with Gasteiger partial charge in [0, 0.05) is 17.8 Å². The second-order valence-corrected chi connectivity index (χ2v) is 8.53. The Labute approximate surface area is 189 Å². The van der Waals surface area contributed by atoms with E-state index >= 15 is 0 Å². The summed E-state index contributed by atoms with van der Waals surface area (Å²) in [6, 6.07) is 18.6. The third-order valence-corrected chi connectivity index (χ3v) is 6.42. The molecule has 0 radical (unpaired) electrons. The van der Waals surface area contributed by atoms with E-state index in [2.05, 4.69) is 16.3 Å². The number of amides is 1. The van der Waals surface area contributed by atoms with Crippen molar-refractivity contribution in [3.63, 3.8) is 0 Å². The Morgan fingerprint density at radius 3 is 2.72 bits per heavy atom. The number of carbonyl (C=O) groups is 1. The number of furan rings is 1. The van der Waals surface area contributed by atoms with Crippen molar-refractivity contribution in [3.8, 4) is 17.1 Å². The topological polar surface area (TPSA) is 84.4 Å². The van der Waals surface area contributed by atoms with Crippen LogP contribution in [0, 0.1) is 0 Å². The fourth-order valence-electron chi connectivity index (χ4n) is 3.92. The third-order valence-electron chi connectivity index (χ3n) is 5.47. The summed E-state index contributed by atoms with van der Waals surface area (Å²) in [6.45, 7) is 1.17. The van der Waals surface area contributed by atoms with Gasteiger partial charge in [0.2, 0.25) is 5.91 Å². The first-order valence-corrected chi connectivity index (χ1v) is 11.4. The normalized spacial score (nSPS) is 13.2. The molecule has 2 aromatic carbocycles. The number of benzene rings is 2. The van der Waals surface area contributed by atoms with Crippen LogP contribution >= 0.6 is 11.8 Å². The molecule has 32 heavy (non-hydrogen) atoms. The molecule has 1 amide bonds. The van der Waals surface area contributed by atoms with Gasteiger partial charge < -0.3 is 14.4 Å². The van der Waals surface area contributed by atoms with Crippen LogP contribution in [0.25, 0.3) is 11.4 Å². The van der Waals surface area contributed by atoms with Gasteiger partial charge in [-0.1, -0.05) is 30.0 Å². The smallest absolute Gasteiger partial charge is 0.237 e. The molecule has 0 fully saturated rings. The molecular formula is C24H22N4O3S. The standard InChI is InChI=1S/C24H22N4O3S/c29-19-11-9-18(10-12-19)23-25-26-24(28(23)15-20-7-4-14-31-20)32-16-22(30)27-13-3-6-17-5-1-2-8-21(17)27/h1-2,4-5,7-12,14,29H,3,6,13,15-16H2. The molecule has 1 aliphatic rings. The van der Waals surface area contributed by atoms with Crippen molar-refractivity contribution in [3.05, 3.63) is 78.3 Å². The maximum absolute atomic E-state index is 13.1. The summed E-state index contributed by atoms with van der Waals surface area (Å²) in [5.74, 6) is 1.93. The molecule has 0 saturated heterocycles. The van der Waals surface area contributed by atoms with Crippen molar-refractivity contribution < 1.29 is 14.3 Å². The van der Waals surface area contributed by atoms with Gasteiger partial charge in [-0.2, -0.15) is 0 Å². The Bertz CT molecular complexity index is 1220. The number of fused-ring (bicyclic) bond motifs is 1. The molecule has 1 aliphatic heterocycles. The number of phenols is 1. The predicted molar refractivity (Wildman–Crippen MR) is 123 cm³/mol. The van der Waals surface area contributed by atoms with E-state index in [1.165, 1.54) is 17.3 Å². The van der Waals surface area contributed by atoms with Crippen LogP contribution in [0.4, 0.5) is 5.69 Å². The number of rotatable bonds is 6. The Kier molecular flexibility index (Phi) is 5.68. The number of aromatic hydroxyl groups is 1. The molecule has 0 bridgehead atoms. The number of aromatic nitrogens is 3. The molecule has 0 atom stereocenters. The second-order valence-electron chi connectivity index (χ2n) is 7.58. The van der Waals surface area contributed by atoms with Gasteiger partial charge in [-0.3, -0.25) is 9.36 Å². The molecule has 7 nitrogen and oxygen atoms in total. The van der Waals surface area contributed by atoms with Gasteiger partial charge in [0.05, 0.1) is 18.6 Å². The van der Waals surface area contributed by atoms with E-state index < -0.39 is 0 Å². The van der Waals surface area contributed by atoms with Gasteiger partial charge in [0.1, 0.15) is 11.5 Å². The minimum Gasteiger partial charge on any atom is -0.508 e. The van der Waals surface area contributed by atoms with Gasteiger partial charge in [-0.15, -0.1) is 10.2 Å². The summed E-state index contributed by atoms with van der Waals surface area (Å²) < 4.78 is 7.47. The fourth-order valence-corrected chi connectivity index (χ4v) is 4.73. The highest BCUT2D eigenvalue weighted by molar-refractivity contribution is 7.99. The average Bonchev–Trinajstić information content (AvgIpc) is 3.48. The van der Waals surface area contributed by atoms with Crippen LogP contribution in [0.3, 0.4) is 0 Å². The summed E-state index contributed by atoms with van der Waals surface area (Å²) in [5, 5.41) is 19.0. The van der Waals surface area contributed by atoms with Crippen LogP contribution < -0.4 is 4.90 Å². The number of hydrogen-bond donors (Lipinski definition) is 1. The Balaban J connectivity index is 1.39. The lowest BCUT2D eigenvalue weighted by Gasteiger charge is -2.29. The number of nitrogens with zero attached hydrogens (tertiary/aromatic N) is 4. The molecule has 162 valence electrons. The SMILES string of the molecule is O=C(CSc1nnc(-c2ccc(O)cc2)n1Cc1ccco1)N1CCCc2ccccc21. The highest BCUT2D eigenvalue weighted by Crippen LogP contribution is 2.30. The number of thioether (sulfide) groups is 1. The van der Waals surface area contributed by atoms with Crippen LogP contribution in [-0.2, 0) is 17.8 Å². The van der Waals surface area contributed by atoms with E-state index in [-0.39, 0.29) is 17.4 Å². The molecule has 0 spiro atoms. The molecular weight excluding hydrogens is 424 g/mol. The zero-order chi connectivity index (χ0) is 21.9. The number of phenolic OH excluding ortho intramolecular Hbond substituents is 1. The Morgan fingerprint density at radius 2 is 1.91 bits per heavy atom. The maximum Gasteiger partial charge on any atom is 0.237 e. The fraction of sp³-hybridized carbons (Fsp3) is 0.208. The van der Waals surface area contributed by atoms with Gasteiger partial charge in [0.15, 0.2) is 11.0 Å². The lowest BCUT2D eigenvalue weighted by atomic mass is 10.0. The number of para-hydroxylation sites is 1.